The van der Waals surface area contributed by atoms with Gasteiger partial charge in [0.15, 0.2) is 0 Å². The molecule has 714 valence electrons. The van der Waals surface area contributed by atoms with E-state index < -0.39 is 0 Å². The molecule has 0 atom stereocenters. The summed E-state index contributed by atoms with van der Waals surface area (Å²) in [7, 11) is 0. The summed E-state index contributed by atoms with van der Waals surface area (Å²) in [5, 5.41) is 12.5. The zero-order valence-corrected chi connectivity index (χ0v) is 84.3. The lowest BCUT2D eigenvalue weighted by atomic mass is 9.99. The van der Waals surface area contributed by atoms with Crippen molar-refractivity contribution in [2.75, 3.05) is 68.7 Å². The van der Waals surface area contributed by atoms with Crippen molar-refractivity contribution in [3.05, 3.63) is 485 Å². The minimum Gasteiger partial charge on any atom is -0.342 e. The van der Waals surface area contributed by atoms with Gasteiger partial charge < -0.3 is 38.5 Å². The molecule has 0 aliphatic rings. The topological polar surface area (TPSA) is 29.3 Å². The van der Waals surface area contributed by atoms with Crippen molar-refractivity contribution >= 4 is 144 Å². The van der Waals surface area contributed by atoms with Gasteiger partial charge in [0.2, 0.25) is 0 Å². The van der Waals surface area contributed by atoms with Gasteiger partial charge in [0, 0.05) is 157 Å². The van der Waals surface area contributed by atoms with Gasteiger partial charge in [-0.1, -0.05) is 327 Å². The van der Waals surface area contributed by atoms with Crippen LogP contribution < -0.4 is 29.4 Å². The van der Waals surface area contributed by atoms with Crippen molar-refractivity contribution in [3.8, 4) is 78.1 Å². The SMILES string of the molecule is CCCN(c1ccc(-c2ccc(-n3c4ccc(-c5ccc(N(CCC)c6cccc7ccccc67)cc5)cc4c4cc(-c5ccc(N(CCC)c6cccc7ccccc67)cc5)ccc43)cc2)cc1)c1cccc2ccccc12.CCCN(c1ccccc1)c1ccc(-c2ccc(-n3c4ccc(-c5ccc(N(CCC)c6ccccc6)cc5)cc4c4cc(-c5ccc(N(CCC)c6ccccc6)cc5)ccc43)cc2)cc1. The molecule has 0 radical (unpaired) electrons. The van der Waals surface area contributed by atoms with E-state index in [4.69, 9.17) is 0 Å². The highest BCUT2D eigenvalue weighted by Crippen LogP contribution is 2.46. The van der Waals surface area contributed by atoms with E-state index in [1.54, 1.807) is 0 Å². The van der Waals surface area contributed by atoms with Crippen molar-refractivity contribution in [3.63, 3.8) is 0 Å². The van der Waals surface area contributed by atoms with Gasteiger partial charge in [-0.3, -0.25) is 0 Å². The Bertz CT molecular complexity index is 8100. The largest absolute Gasteiger partial charge is 0.342 e. The molecule has 0 saturated heterocycles. The number of hydrogen-bond acceptors (Lipinski definition) is 6. The molecule has 0 saturated carbocycles. The Hall–Kier alpha value is -17.2. The van der Waals surface area contributed by atoms with E-state index in [1.165, 1.54) is 211 Å². The molecule has 0 amide bonds. The fourth-order valence-electron chi connectivity index (χ4n) is 21.8. The standard InChI is InChI=1S/C75H64N4.C63H58N4/c1-4-48-76(71-25-13-19-57-16-7-10-22-66(57)71)62-38-28-53(29-39-62)54-34-44-65(45-35-54)79-74-46-36-60(55-30-40-63(41-31-55)77(49-5-2)72-26-14-20-58-17-8-11-23-67(58)72)51-69(74)70-52-61(37-47-75(70)79)56-32-42-64(43-33-56)78(50-6-3)73-27-15-21-59-18-9-12-24-68(59)73;1-4-42-64(53-16-10-7-11-17-53)56-32-22-47(23-33-56)48-28-38-59(39-29-48)67-62-40-30-51(49-24-34-57(35-25-49)65(43-5-2)54-18-12-8-13-19-54)45-60(62)61-46-52(31-41-63(61)67)50-26-36-58(37-27-50)66(44-6-3)55-20-14-9-15-21-55/h7-47,51-52H,4-6,48-50H2,1-3H3;7-41,45-46H,4-6,42-44H2,1-3H3. The third-order valence-corrected chi connectivity index (χ3v) is 28.9. The third-order valence-electron chi connectivity index (χ3n) is 28.9. The summed E-state index contributed by atoms with van der Waals surface area (Å²) < 4.78 is 4.88. The van der Waals surface area contributed by atoms with Crippen LogP contribution in [0.4, 0.5) is 68.2 Å². The van der Waals surface area contributed by atoms with Gasteiger partial charge in [0.1, 0.15) is 0 Å². The number of para-hydroxylation sites is 3. The van der Waals surface area contributed by atoms with Gasteiger partial charge in [0.25, 0.3) is 0 Å². The average molecular weight is 1890 g/mol. The minimum absolute atomic E-state index is 0.933. The Kier molecular flexibility index (Phi) is 27.6. The Morgan fingerprint density at radius 3 is 0.555 bits per heavy atom. The van der Waals surface area contributed by atoms with Crippen LogP contribution in [0.1, 0.15) is 80.1 Å². The maximum atomic E-state index is 2.47. The highest BCUT2D eigenvalue weighted by Gasteiger charge is 2.24. The van der Waals surface area contributed by atoms with E-state index >= 15 is 0 Å². The van der Waals surface area contributed by atoms with Gasteiger partial charge in [-0.2, -0.15) is 0 Å². The smallest absolute Gasteiger partial charge is 0.0541 e. The van der Waals surface area contributed by atoms with Crippen LogP contribution in [0.3, 0.4) is 0 Å². The van der Waals surface area contributed by atoms with E-state index in [2.05, 4.69) is 565 Å². The lowest BCUT2D eigenvalue weighted by Crippen LogP contribution is -2.18. The number of nitrogens with zero attached hydrogens (tertiary/aromatic N) is 8. The van der Waals surface area contributed by atoms with Crippen molar-refractivity contribution < 1.29 is 0 Å². The average Bonchev–Trinajstić information content (AvgIpc) is 1.58. The van der Waals surface area contributed by atoms with Crippen LogP contribution >= 0.6 is 0 Å². The van der Waals surface area contributed by atoms with Crippen LogP contribution in [0.5, 0.6) is 0 Å². The second kappa shape index (κ2) is 42.9. The van der Waals surface area contributed by atoms with Gasteiger partial charge in [0.05, 0.1) is 22.1 Å². The molecule has 0 aliphatic heterocycles. The molecule has 8 nitrogen and oxygen atoms in total. The summed E-state index contributed by atoms with van der Waals surface area (Å²) >= 11 is 0. The second-order valence-corrected chi connectivity index (χ2v) is 38.4. The molecular formula is C138H122N8. The Labute approximate surface area is 859 Å². The molecule has 0 N–H and O–H groups in total. The van der Waals surface area contributed by atoms with E-state index in [1.807, 2.05) is 0 Å². The third kappa shape index (κ3) is 19.1. The summed E-state index contributed by atoms with van der Waals surface area (Å²) in [4.78, 5) is 14.6. The van der Waals surface area contributed by atoms with Crippen LogP contribution in [-0.4, -0.2) is 48.4 Å². The molecule has 146 heavy (non-hydrogen) atoms. The monoisotopic (exact) mass is 1890 g/mol. The first-order valence-electron chi connectivity index (χ1n) is 52.4. The number of hydrogen-bond donors (Lipinski definition) is 0. The predicted molar refractivity (Wildman–Crippen MR) is 629 cm³/mol. The van der Waals surface area contributed by atoms with Gasteiger partial charge in [-0.05, 0) is 322 Å². The van der Waals surface area contributed by atoms with Gasteiger partial charge >= 0.3 is 0 Å². The van der Waals surface area contributed by atoms with Crippen molar-refractivity contribution in [2.24, 2.45) is 0 Å². The molecule has 8 heteroatoms. The number of rotatable bonds is 32. The summed E-state index contributed by atoms with van der Waals surface area (Å²) in [6, 6.07) is 179. The molecule has 2 heterocycles. The molecule has 0 aliphatic carbocycles. The number of fused-ring (bicyclic) bond motifs is 9. The lowest BCUT2D eigenvalue weighted by Gasteiger charge is -2.26. The molecule has 23 aromatic rings. The zero-order chi connectivity index (χ0) is 98.8. The Balaban J connectivity index is 0.000000168. The van der Waals surface area contributed by atoms with Crippen LogP contribution in [-0.2, 0) is 0 Å². The Morgan fingerprint density at radius 2 is 0.322 bits per heavy atom. The van der Waals surface area contributed by atoms with Crippen LogP contribution in [0.25, 0.3) is 154 Å². The minimum atomic E-state index is 0.933. The molecule has 21 aromatic carbocycles. The highest BCUT2D eigenvalue weighted by molar-refractivity contribution is 6.14. The molecule has 0 bridgehead atoms. The quantitative estimate of drug-likeness (QED) is 0.0417. The summed E-state index contributed by atoms with van der Waals surface area (Å²) in [6.07, 6.45) is 6.34. The fourth-order valence-corrected chi connectivity index (χ4v) is 21.8. The first kappa shape index (κ1) is 93.7. The van der Waals surface area contributed by atoms with Crippen molar-refractivity contribution in [2.45, 2.75) is 80.1 Å². The van der Waals surface area contributed by atoms with E-state index in [0.29, 0.717) is 0 Å². The van der Waals surface area contributed by atoms with E-state index in [9.17, 15) is 0 Å². The maximum absolute atomic E-state index is 2.47. The van der Waals surface area contributed by atoms with E-state index in [0.717, 1.165) is 89.2 Å². The molecule has 0 spiro atoms. The van der Waals surface area contributed by atoms with E-state index in [-0.39, 0.29) is 0 Å². The fraction of sp³-hybridized carbons (Fsp3) is 0.130. The molecule has 0 fully saturated rings. The normalized spacial score (nSPS) is 11.4. The van der Waals surface area contributed by atoms with Gasteiger partial charge in [-0.15, -0.1) is 0 Å². The second-order valence-electron chi connectivity index (χ2n) is 38.4. The number of benzene rings is 21. The zero-order valence-electron chi connectivity index (χ0n) is 84.3. The Morgan fingerprint density at radius 1 is 0.144 bits per heavy atom. The first-order chi connectivity index (χ1) is 72.1. The summed E-state index contributed by atoms with van der Waals surface area (Å²) in [6.45, 7) is 19.2. The number of aromatic nitrogens is 2. The predicted octanol–water partition coefficient (Wildman–Crippen LogP) is 38.3. The lowest BCUT2D eigenvalue weighted by molar-refractivity contribution is 0.886. The molecule has 23 rings (SSSR count). The van der Waals surface area contributed by atoms with Crippen LogP contribution in [0.15, 0.2) is 485 Å². The highest BCUT2D eigenvalue weighted by atomic mass is 15.2. The molecule has 2 aromatic heterocycles. The van der Waals surface area contributed by atoms with Crippen molar-refractivity contribution in [1.82, 2.24) is 9.13 Å². The summed E-state index contributed by atoms with van der Waals surface area (Å²) in [5.74, 6) is 0. The maximum Gasteiger partial charge on any atom is 0.0541 e. The number of anilines is 12. The van der Waals surface area contributed by atoms with Gasteiger partial charge in [-0.25, -0.2) is 0 Å². The summed E-state index contributed by atoms with van der Waals surface area (Å²) in [5.41, 5.74) is 36.0. The van der Waals surface area contributed by atoms with Crippen LogP contribution in [0, 0.1) is 0 Å². The van der Waals surface area contributed by atoms with Crippen LogP contribution in [0.2, 0.25) is 0 Å². The van der Waals surface area contributed by atoms with Crippen molar-refractivity contribution in [1.29, 1.82) is 0 Å². The molecule has 0 unspecified atom stereocenters. The first-order valence-corrected chi connectivity index (χ1v) is 52.4. The molecular weight excluding hydrogens is 1770 g/mol.